The monoisotopic (exact) mass is 355 g/mol. The van der Waals surface area contributed by atoms with Crippen LogP contribution in [0.5, 0.6) is 0 Å². The Kier molecular flexibility index (Phi) is 3.86. The molecule has 0 bridgehead atoms. The maximum Gasteiger partial charge on any atom is 0.112 e. The second kappa shape index (κ2) is 5.61. The minimum atomic E-state index is 0.572. The molecule has 3 nitrogen and oxygen atoms in total. The van der Waals surface area contributed by atoms with E-state index in [0.717, 1.165) is 39.3 Å². The zero-order chi connectivity index (χ0) is 13.2. The van der Waals surface area contributed by atoms with Gasteiger partial charge in [0.15, 0.2) is 0 Å². The number of thiazole rings is 1. The number of alkyl halides is 1. The predicted molar refractivity (Wildman–Crippen MR) is 83.1 cm³/mol. The lowest BCUT2D eigenvalue weighted by Crippen LogP contribution is -2.05. The van der Waals surface area contributed by atoms with Gasteiger partial charge < -0.3 is 4.57 Å². The molecular formula is C13H11BrClN3S. The summed E-state index contributed by atoms with van der Waals surface area (Å²) in [5.41, 5.74) is 2.12. The molecule has 0 aliphatic heterocycles. The molecule has 6 heteroatoms. The summed E-state index contributed by atoms with van der Waals surface area (Å²) in [6.45, 7) is 0.747. The minimum absolute atomic E-state index is 0.572. The molecule has 2 aromatic heterocycles. The van der Waals surface area contributed by atoms with Crippen LogP contribution in [0, 0.1) is 0 Å². The molecule has 0 spiro atoms. The Morgan fingerprint density at radius 3 is 3.00 bits per heavy atom. The standard InChI is InChI=1S/C13H11BrClN3S/c14-9-1-2-10-11(7-9)18(12(17-10)3-4-15)8-13-16-5-6-19-13/h1-2,5-7H,3-4,8H2. The summed E-state index contributed by atoms with van der Waals surface area (Å²) in [6.07, 6.45) is 2.59. The van der Waals surface area contributed by atoms with Crippen molar-refractivity contribution in [2.45, 2.75) is 13.0 Å². The lowest BCUT2D eigenvalue weighted by molar-refractivity contribution is 0.750. The number of rotatable bonds is 4. The molecule has 0 N–H and O–H groups in total. The van der Waals surface area contributed by atoms with E-state index in [4.69, 9.17) is 11.6 Å². The summed E-state index contributed by atoms with van der Waals surface area (Å²) < 4.78 is 3.25. The number of nitrogens with zero attached hydrogens (tertiary/aromatic N) is 3. The quantitative estimate of drug-likeness (QED) is 0.659. The first-order chi connectivity index (χ1) is 9.28. The largest absolute Gasteiger partial charge is 0.321 e. The predicted octanol–water partition coefficient (Wildman–Crippen LogP) is 4.08. The van der Waals surface area contributed by atoms with Crippen LogP contribution in [0.2, 0.25) is 0 Å². The molecule has 0 radical (unpaired) electrons. The highest BCUT2D eigenvalue weighted by Crippen LogP contribution is 2.23. The normalized spacial score (nSPS) is 11.3. The van der Waals surface area contributed by atoms with E-state index in [1.165, 1.54) is 0 Å². The summed E-state index contributed by atoms with van der Waals surface area (Å²) in [4.78, 5) is 9.01. The van der Waals surface area contributed by atoms with Crippen LogP contribution in [0.4, 0.5) is 0 Å². The number of imidazole rings is 1. The second-order valence-electron chi connectivity index (χ2n) is 4.11. The van der Waals surface area contributed by atoms with Gasteiger partial charge in [0.25, 0.3) is 0 Å². The van der Waals surface area contributed by atoms with Crippen LogP contribution in [-0.2, 0) is 13.0 Å². The molecule has 1 aromatic carbocycles. The Morgan fingerprint density at radius 2 is 2.26 bits per heavy atom. The van der Waals surface area contributed by atoms with Gasteiger partial charge in [-0.1, -0.05) is 15.9 Å². The summed E-state index contributed by atoms with van der Waals surface area (Å²) in [7, 11) is 0. The first-order valence-corrected chi connectivity index (χ1v) is 8.07. The van der Waals surface area contributed by atoms with E-state index in [-0.39, 0.29) is 0 Å². The van der Waals surface area contributed by atoms with E-state index in [1.54, 1.807) is 11.3 Å². The highest BCUT2D eigenvalue weighted by molar-refractivity contribution is 9.10. The molecule has 2 heterocycles. The van der Waals surface area contributed by atoms with E-state index < -0.39 is 0 Å². The lowest BCUT2D eigenvalue weighted by atomic mass is 10.3. The van der Waals surface area contributed by atoms with Gasteiger partial charge in [0, 0.05) is 28.4 Å². The molecule has 0 saturated carbocycles. The van der Waals surface area contributed by atoms with Crippen molar-refractivity contribution in [3.8, 4) is 0 Å². The number of aryl methyl sites for hydroxylation is 1. The average Bonchev–Trinajstić information content (AvgIpc) is 3.00. The van der Waals surface area contributed by atoms with E-state index in [0.29, 0.717) is 5.88 Å². The van der Waals surface area contributed by atoms with Crippen LogP contribution in [0.15, 0.2) is 34.2 Å². The summed E-state index contributed by atoms with van der Waals surface area (Å²) in [5.74, 6) is 1.58. The maximum atomic E-state index is 5.87. The topological polar surface area (TPSA) is 30.7 Å². The lowest BCUT2D eigenvalue weighted by Gasteiger charge is -2.06. The zero-order valence-electron chi connectivity index (χ0n) is 10.0. The van der Waals surface area contributed by atoms with Gasteiger partial charge in [0.05, 0.1) is 17.6 Å². The van der Waals surface area contributed by atoms with Gasteiger partial charge >= 0.3 is 0 Å². The first-order valence-electron chi connectivity index (χ1n) is 5.87. The number of halogens is 2. The van der Waals surface area contributed by atoms with Crippen LogP contribution >= 0.6 is 38.9 Å². The van der Waals surface area contributed by atoms with Gasteiger partial charge in [-0.2, -0.15) is 0 Å². The first kappa shape index (κ1) is 13.1. The van der Waals surface area contributed by atoms with Crippen molar-refractivity contribution < 1.29 is 0 Å². The van der Waals surface area contributed by atoms with Crippen LogP contribution in [0.25, 0.3) is 11.0 Å². The number of hydrogen-bond donors (Lipinski definition) is 0. The maximum absolute atomic E-state index is 5.87. The fraction of sp³-hybridized carbons (Fsp3) is 0.231. The van der Waals surface area contributed by atoms with Crippen molar-refractivity contribution in [2.75, 3.05) is 5.88 Å². The van der Waals surface area contributed by atoms with Crippen molar-refractivity contribution in [1.82, 2.24) is 14.5 Å². The van der Waals surface area contributed by atoms with Crippen LogP contribution < -0.4 is 0 Å². The fourth-order valence-corrected chi connectivity index (χ4v) is 3.19. The van der Waals surface area contributed by atoms with Gasteiger partial charge in [-0.25, -0.2) is 9.97 Å². The molecule has 98 valence electrons. The molecule has 0 aliphatic rings. The molecule has 0 amide bonds. The van der Waals surface area contributed by atoms with E-state index in [2.05, 4.69) is 36.5 Å². The Hall–Kier alpha value is -0.910. The van der Waals surface area contributed by atoms with Gasteiger partial charge in [0.1, 0.15) is 10.8 Å². The molecule has 0 aliphatic carbocycles. The van der Waals surface area contributed by atoms with Crippen molar-refractivity contribution >= 4 is 49.9 Å². The SMILES string of the molecule is ClCCc1nc2ccc(Br)cc2n1Cc1nccs1. The van der Waals surface area contributed by atoms with Crippen molar-refractivity contribution in [1.29, 1.82) is 0 Å². The van der Waals surface area contributed by atoms with E-state index in [1.807, 2.05) is 23.7 Å². The highest BCUT2D eigenvalue weighted by atomic mass is 79.9. The van der Waals surface area contributed by atoms with Gasteiger partial charge in [-0.05, 0) is 18.2 Å². The third-order valence-electron chi connectivity index (χ3n) is 2.88. The van der Waals surface area contributed by atoms with Crippen molar-refractivity contribution in [2.24, 2.45) is 0 Å². The van der Waals surface area contributed by atoms with E-state index in [9.17, 15) is 0 Å². The third kappa shape index (κ3) is 2.68. The Morgan fingerprint density at radius 1 is 1.37 bits per heavy atom. The average molecular weight is 357 g/mol. The van der Waals surface area contributed by atoms with E-state index >= 15 is 0 Å². The molecule has 0 fully saturated rings. The molecule has 19 heavy (non-hydrogen) atoms. The molecule has 3 aromatic rings. The van der Waals surface area contributed by atoms with Gasteiger partial charge in [0.2, 0.25) is 0 Å². The zero-order valence-corrected chi connectivity index (χ0v) is 13.2. The number of benzene rings is 1. The Labute approximate surface area is 128 Å². The summed E-state index contributed by atoms with van der Waals surface area (Å²) >= 11 is 11.0. The number of fused-ring (bicyclic) bond motifs is 1. The van der Waals surface area contributed by atoms with Crippen LogP contribution in [0.1, 0.15) is 10.8 Å². The van der Waals surface area contributed by atoms with Crippen LogP contribution in [0.3, 0.4) is 0 Å². The molecule has 0 saturated heterocycles. The van der Waals surface area contributed by atoms with Crippen LogP contribution in [-0.4, -0.2) is 20.4 Å². The highest BCUT2D eigenvalue weighted by Gasteiger charge is 2.12. The molecule has 0 unspecified atom stereocenters. The molecule has 3 rings (SSSR count). The van der Waals surface area contributed by atoms with Gasteiger partial charge in [-0.3, -0.25) is 0 Å². The Bertz CT molecular complexity index is 693. The number of hydrogen-bond acceptors (Lipinski definition) is 3. The van der Waals surface area contributed by atoms with Gasteiger partial charge in [-0.15, -0.1) is 22.9 Å². The smallest absolute Gasteiger partial charge is 0.112 e. The summed E-state index contributed by atoms with van der Waals surface area (Å²) in [6, 6.07) is 6.12. The second-order valence-corrected chi connectivity index (χ2v) is 6.38. The molecule has 0 atom stereocenters. The number of aromatic nitrogens is 3. The third-order valence-corrected chi connectivity index (χ3v) is 4.33. The minimum Gasteiger partial charge on any atom is -0.321 e. The fourth-order valence-electron chi connectivity index (χ4n) is 2.06. The van der Waals surface area contributed by atoms with Crippen molar-refractivity contribution in [3.05, 3.63) is 45.1 Å². The van der Waals surface area contributed by atoms with Crippen molar-refractivity contribution in [3.63, 3.8) is 0 Å². The Balaban J connectivity index is 2.12. The summed E-state index contributed by atoms with van der Waals surface area (Å²) in [5, 5.41) is 3.07. The molecular weight excluding hydrogens is 346 g/mol.